The van der Waals surface area contributed by atoms with Crippen LogP contribution in [0.2, 0.25) is 0 Å². The predicted octanol–water partition coefficient (Wildman–Crippen LogP) is -2.55. The van der Waals surface area contributed by atoms with E-state index in [9.17, 15) is 9.59 Å². The largest absolute Gasteiger partial charge is 0.480 e. The van der Waals surface area contributed by atoms with Crippen LogP contribution in [0.25, 0.3) is 0 Å². The van der Waals surface area contributed by atoms with Crippen molar-refractivity contribution >= 4 is 11.9 Å². The highest BCUT2D eigenvalue weighted by molar-refractivity contribution is 5.76. The van der Waals surface area contributed by atoms with Gasteiger partial charge in [-0.3, -0.25) is 20.2 Å². The molecule has 0 spiro atoms. The van der Waals surface area contributed by atoms with Gasteiger partial charge in [0.2, 0.25) is 0 Å². The van der Waals surface area contributed by atoms with Crippen LogP contribution in [0, 0.1) is 0 Å². The molecule has 0 saturated heterocycles. The number of carboxylic acid groups (broad SMARTS) is 1. The van der Waals surface area contributed by atoms with Gasteiger partial charge in [0.15, 0.2) is 0 Å². The van der Waals surface area contributed by atoms with Crippen molar-refractivity contribution in [3.63, 3.8) is 0 Å². The van der Waals surface area contributed by atoms with E-state index >= 15 is 0 Å². The Labute approximate surface area is 92.2 Å². The van der Waals surface area contributed by atoms with E-state index in [1.165, 1.54) is 6.92 Å². The van der Waals surface area contributed by atoms with Crippen LogP contribution < -0.4 is 10.6 Å². The maximum Gasteiger partial charge on any atom is 0.326 e. The number of carbonyl (C=O) groups excluding carboxylic acids is 1. The Morgan fingerprint density at radius 2 is 1.94 bits per heavy atom. The Kier molecular flexibility index (Phi) is 7.38. The van der Waals surface area contributed by atoms with Crippen molar-refractivity contribution < 1.29 is 29.6 Å². The highest BCUT2D eigenvalue weighted by Gasteiger charge is 2.18. The molecule has 5 N–H and O–H groups in total. The van der Waals surface area contributed by atoms with Crippen molar-refractivity contribution in [2.45, 2.75) is 19.0 Å². The molecule has 0 amide bonds. The fourth-order valence-corrected chi connectivity index (χ4v) is 0.758. The number of carbonyl (C=O) groups is 2. The zero-order valence-corrected chi connectivity index (χ0v) is 8.84. The molecule has 94 valence electrons. The van der Waals surface area contributed by atoms with Gasteiger partial charge in [-0.1, -0.05) is 0 Å². The van der Waals surface area contributed by atoms with Crippen LogP contribution >= 0.6 is 0 Å². The summed E-state index contributed by atoms with van der Waals surface area (Å²) in [5.41, 5.74) is 0. The van der Waals surface area contributed by atoms with E-state index in [-0.39, 0.29) is 6.73 Å². The number of nitrogens with one attached hydrogen (secondary N) is 2. The first kappa shape index (κ1) is 14.8. The van der Waals surface area contributed by atoms with E-state index in [0.717, 1.165) is 0 Å². The molecule has 0 aromatic rings. The first-order valence-corrected chi connectivity index (χ1v) is 4.60. The summed E-state index contributed by atoms with van der Waals surface area (Å²) < 4.78 is 4.62. The third kappa shape index (κ3) is 5.61. The van der Waals surface area contributed by atoms with Gasteiger partial charge >= 0.3 is 11.9 Å². The molecule has 8 heteroatoms. The van der Waals surface area contributed by atoms with Gasteiger partial charge in [-0.15, -0.1) is 0 Å². The predicted molar refractivity (Wildman–Crippen MR) is 52.3 cm³/mol. The average Bonchev–Trinajstić information content (AvgIpc) is 2.25. The Morgan fingerprint density at radius 3 is 2.38 bits per heavy atom. The minimum absolute atomic E-state index is 0.282. The molecule has 0 rings (SSSR count). The summed E-state index contributed by atoms with van der Waals surface area (Å²) in [5, 5.41) is 30.4. The van der Waals surface area contributed by atoms with E-state index in [4.69, 9.17) is 15.3 Å². The third-order valence-electron chi connectivity index (χ3n) is 1.78. The lowest BCUT2D eigenvalue weighted by Crippen LogP contribution is -2.43. The van der Waals surface area contributed by atoms with Crippen LogP contribution in [0.3, 0.4) is 0 Å². The van der Waals surface area contributed by atoms with E-state index in [1.807, 2.05) is 0 Å². The molecule has 0 unspecified atom stereocenters. The van der Waals surface area contributed by atoms with Crippen molar-refractivity contribution in [3.05, 3.63) is 0 Å². The van der Waals surface area contributed by atoms with Gasteiger partial charge in [0.05, 0.1) is 13.3 Å². The number of esters is 1. The maximum absolute atomic E-state index is 11.2. The van der Waals surface area contributed by atoms with Gasteiger partial charge in [-0.2, -0.15) is 0 Å². The molecule has 0 aliphatic carbocycles. The van der Waals surface area contributed by atoms with Crippen molar-refractivity contribution in [3.8, 4) is 0 Å². The molecule has 0 bridgehead atoms. The minimum Gasteiger partial charge on any atom is -0.480 e. The molecule has 8 nitrogen and oxygen atoms in total. The topological polar surface area (TPSA) is 128 Å². The van der Waals surface area contributed by atoms with E-state index in [0.29, 0.717) is 0 Å². The van der Waals surface area contributed by atoms with Gasteiger partial charge in [0.25, 0.3) is 0 Å². The third-order valence-corrected chi connectivity index (χ3v) is 1.78. The summed E-state index contributed by atoms with van der Waals surface area (Å²) in [6.07, 6.45) is 0. The van der Waals surface area contributed by atoms with Crippen molar-refractivity contribution in [2.24, 2.45) is 0 Å². The molecule has 0 fully saturated rings. The molecule has 0 aromatic heterocycles. The lowest BCUT2D eigenvalue weighted by molar-refractivity contribution is -0.150. The van der Waals surface area contributed by atoms with Crippen molar-refractivity contribution in [1.82, 2.24) is 10.6 Å². The lowest BCUT2D eigenvalue weighted by Gasteiger charge is -2.15. The summed E-state index contributed by atoms with van der Waals surface area (Å²) in [7, 11) is 0. The molecule has 0 aliphatic heterocycles. The quantitative estimate of drug-likeness (QED) is 0.230. The number of aliphatic carboxylic acids is 1. The van der Waals surface area contributed by atoms with Crippen LogP contribution in [-0.2, 0) is 14.3 Å². The molecule has 16 heavy (non-hydrogen) atoms. The fourth-order valence-electron chi connectivity index (χ4n) is 0.758. The normalized spacial score (nSPS) is 14.2. The summed E-state index contributed by atoms with van der Waals surface area (Å²) in [6, 6.07) is -1.86. The number of ether oxygens (including phenoxy) is 1. The van der Waals surface area contributed by atoms with Gasteiger partial charge in [-0.05, 0) is 6.92 Å². The number of hydrogen-bond acceptors (Lipinski definition) is 7. The van der Waals surface area contributed by atoms with Crippen LogP contribution in [0.5, 0.6) is 0 Å². The van der Waals surface area contributed by atoms with Gasteiger partial charge in [0, 0.05) is 0 Å². The van der Waals surface area contributed by atoms with Gasteiger partial charge in [-0.25, -0.2) is 0 Å². The maximum atomic E-state index is 11.2. The second-order valence-corrected chi connectivity index (χ2v) is 2.97. The molecule has 0 radical (unpaired) electrons. The number of rotatable bonds is 8. The molecule has 2 atom stereocenters. The summed E-state index contributed by atoms with van der Waals surface area (Å²) in [4.78, 5) is 21.6. The first-order chi connectivity index (χ1) is 7.52. The second-order valence-electron chi connectivity index (χ2n) is 2.97. The molecular weight excluding hydrogens is 220 g/mol. The zero-order valence-electron chi connectivity index (χ0n) is 8.84. The highest BCUT2D eigenvalue weighted by atomic mass is 16.5. The monoisotopic (exact) mass is 236 g/mol. The van der Waals surface area contributed by atoms with E-state index in [1.54, 1.807) is 0 Å². The highest BCUT2D eigenvalue weighted by Crippen LogP contribution is 1.88. The Hall–Kier alpha value is -1.22. The number of aliphatic hydroxyl groups excluding tert-OH is 2. The van der Waals surface area contributed by atoms with Gasteiger partial charge < -0.3 is 20.1 Å². The Bertz CT molecular complexity index is 235. The van der Waals surface area contributed by atoms with E-state index in [2.05, 4.69) is 15.4 Å². The summed E-state index contributed by atoms with van der Waals surface area (Å²) in [5.74, 6) is -1.84. The standard InChI is InChI=1S/C8H16N2O6/c1-5(7(13)14)10-4-16-8(15)6(2-11)9-3-12/h5-6,9-12H,2-4H2,1H3,(H,13,14)/t5-,6-/m0/s1. The Morgan fingerprint density at radius 1 is 1.31 bits per heavy atom. The second kappa shape index (κ2) is 7.99. The first-order valence-electron chi connectivity index (χ1n) is 4.60. The van der Waals surface area contributed by atoms with Crippen molar-refractivity contribution in [1.29, 1.82) is 0 Å². The summed E-state index contributed by atoms with van der Waals surface area (Å²) in [6.45, 7) is 0.120. The number of hydrogen-bond donors (Lipinski definition) is 5. The van der Waals surface area contributed by atoms with Crippen LogP contribution in [-0.4, -0.2) is 59.4 Å². The molecular formula is C8H16N2O6. The van der Waals surface area contributed by atoms with Crippen molar-refractivity contribution in [2.75, 3.05) is 20.1 Å². The van der Waals surface area contributed by atoms with Crippen LogP contribution in [0.4, 0.5) is 0 Å². The smallest absolute Gasteiger partial charge is 0.326 e. The van der Waals surface area contributed by atoms with Crippen LogP contribution in [0.15, 0.2) is 0 Å². The molecule has 0 heterocycles. The average molecular weight is 236 g/mol. The fraction of sp³-hybridized carbons (Fsp3) is 0.750. The Balaban J connectivity index is 3.83. The molecule has 0 saturated carbocycles. The molecule has 0 aromatic carbocycles. The van der Waals surface area contributed by atoms with Crippen LogP contribution in [0.1, 0.15) is 6.92 Å². The zero-order chi connectivity index (χ0) is 12.6. The SMILES string of the molecule is C[C@H](NCOC(=O)[C@H](CO)NCO)C(=O)O. The number of aliphatic hydroxyl groups is 2. The molecule has 0 aliphatic rings. The van der Waals surface area contributed by atoms with Gasteiger partial charge in [0.1, 0.15) is 18.8 Å². The summed E-state index contributed by atoms with van der Waals surface area (Å²) >= 11 is 0. The minimum atomic E-state index is -1.07. The number of carboxylic acids is 1. The lowest BCUT2D eigenvalue weighted by atomic mass is 10.3. The van der Waals surface area contributed by atoms with E-state index < -0.39 is 37.4 Å².